The summed E-state index contributed by atoms with van der Waals surface area (Å²) in [6, 6.07) is 12.1. The number of benzene rings is 2. The van der Waals surface area contributed by atoms with Crippen LogP contribution in [0.5, 0.6) is 5.75 Å². The van der Waals surface area contributed by atoms with Crippen LogP contribution >= 0.6 is 27.5 Å². The number of para-hydroxylation sites is 1. The molecule has 2 nitrogen and oxygen atoms in total. The zero-order chi connectivity index (χ0) is 13.7. The largest absolute Gasteiger partial charge is 0.492 e. The zero-order valence-corrected chi connectivity index (χ0v) is 12.3. The van der Waals surface area contributed by atoms with Gasteiger partial charge in [0.2, 0.25) is 0 Å². The summed E-state index contributed by atoms with van der Waals surface area (Å²) in [5.41, 5.74) is 0.309. The maximum absolute atomic E-state index is 13.5. The molecule has 0 atom stereocenters. The monoisotopic (exact) mass is 343 g/mol. The molecule has 1 N–H and O–H groups in total. The van der Waals surface area contributed by atoms with Gasteiger partial charge in [0.25, 0.3) is 0 Å². The highest BCUT2D eigenvalue weighted by Crippen LogP contribution is 2.24. The van der Waals surface area contributed by atoms with Gasteiger partial charge in [0, 0.05) is 11.0 Å². The van der Waals surface area contributed by atoms with Crippen molar-refractivity contribution < 1.29 is 9.13 Å². The number of ether oxygens (including phenoxy) is 1. The van der Waals surface area contributed by atoms with Crippen molar-refractivity contribution in [3.63, 3.8) is 0 Å². The van der Waals surface area contributed by atoms with Gasteiger partial charge in [-0.15, -0.1) is 0 Å². The minimum absolute atomic E-state index is 0.309. The molecule has 5 heteroatoms. The highest BCUT2D eigenvalue weighted by molar-refractivity contribution is 9.10. The third-order valence-electron chi connectivity index (χ3n) is 2.45. The Hall–Kier alpha value is -1.26. The first kappa shape index (κ1) is 14.2. The molecule has 2 rings (SSSR count). The second-order valence-electron chi connectivity index (χ2n) is 3.83. The Balaban J connectivity index is 1.82. The van der Waals surface area contributed by atoms with E-state index in [0.717, 1.165) is 10.2 Å². The molecule has 0 radical (unpaired) electrons. The molecule has 0 unspecified atom stereocenters. The predicted molar refractivity (Wildman–Crippen MR) is 79.5 cm³/mol. The SMILES string of the molecule is Fc1cccc(Cl)c1NCCOc1ccc(Br)cc1. The number of nitrogens with one attached hydrogen (secondary N) is 1. The predicted octanol–water partition coefficient (Wildman–Crippen LogP) is 4.73. The number of hydrogen-bond donors (Lipinski definition) is 1. The van der Waals surface area contributed by atoms with Crippen LogP contribution in [0.15, 0.2) is 46.9 Å². The molecule has 0 amide bonds. The van der Waals surface area contributed by atoms with Gasteiger partial charge in [0.15, 0.2) is 0 Å². The van der Waals surface area contributed by atoms with Crippen molar-refractivity contribution in [3.8, 4) is 5.75 Å². The van der Waals surface area contributed by atoms with Crippen molar-refractivity contribution >= 4 is 33.2 Å². The molecule has 0 heterocycles. The molecule has 19 heavy (non-hydrogen) atoms. The van der Waals surface area contributed by atoms with Crippen molar-refractivity contribution in [2.75, 3.05) is 18.5 Å². The number of halogens is 3. The molecule has 0 aliphatic rings. The fourth-order valence-electron chi connectivity index (χ4n) is 1.54. The summed E-state index contributed by atoms with van der Waals surface area (Å²) in [5, 5.41) is 3.29. The van der Waals surface area contributed by atoms with E-state index >= 15 is 0 Å². The van der Waals surface area contributed by atoms with E-state index in [0.29, 0.717) is 23.9 Å². The van der Waals surface area contributed by atoms with Crippen molar-refractivity contribution in [1.29, 1.82) is 0 Å². The second kappa shape index (κ2) is 6.78. The number of anilines is 1. The molecule has 0 bridgehead atoms. The summed E-state index contributed by atoms with van der Waals surface area (Å²) in [6.45, 7) is 0.892. The maximum Gasteiger partial charge on any atom is 0.147 e. The van der Waals surface area contributed by atoms with E-state index in [2.05, 4.69) is 21.2 Å². The molecule has 0 saturated heterocycles. The molecule has 0 saturated carbocycles. The number of rotatable bonds is 5. The summed E-state index contributed by atoms with van der Waals surface area (Å²) in [6.07, 6.45) is 0. The standard InChI is InChI=1S/C14H12BrClFNO/c15-10-4-6-11(7-5-10)19-9-8-18-14-12(16)2-1-3-13(14)17/h1-7,18H,8-9H2. The Bertz CT molecular complexity index is 527. The minimum Gasteiger partial charge on any atom is -0.492 e. The van der Waals surface area contributed by atoms with E-state index in [1.165, 1.54) is 6.07 Å². The van der Waals surface area contributed by atoms with E-state index in [4.69, 9.17) is 16.3 Å². The van der Waals surface area contributed by atoms with Gasteiger partial charge in [-0.05, 0) is 36.4 Å². The average Bonchev–Trinajstić information content (AvgIpc) is 2.39. The van der Waals surface area contributed by atoms with Gasteiger partial charge < -0.3 is 10.1 Å². The second-order valence-corrected chi connectivity index (χ2v) is 5.15. The van der Waals surface area contributed by atoms with Crippen LogP contribution in [0.2, 0.25) is 5.02 Å². The van der Waals surface area contributed by atoms with Crippen LogP contribution < -0.4 is 10.1 Å². The van der Waals surface area contributed by atoms with Crippen molar-refractivity contribution in [2.24, 2.45) is 0 Å². The highest BCUT2D eigenvalue weighted by atomic mass is 79.9. The van der Waals surface area contributed by atoms with Gasteiger partial charge in [0.05, 0.1) is 10.7 Å². The molecular formula is C14H12BrClFNO. The topological polar surface area (TPSA) is 21.3 Å². The van der Waals surface area contributed by atoms with Crippen LogP contribution in [0.1, 0.15) is 0 Å². The summed E-state index contributed by atoms with van der Waals surface area (Å²) in [5.74, 6) is 0.403. The lowest BCUT2D eigenvalue weighted by Crippen LogP contribution is -2.12. The van der Waals surface area contributed by atoms with Gasteiger partial charge in [-0.3, -0.25) is 0 Å². The van der Waals surface area contributed by atoms with Crippen LogP contribution in [0.4, 0.5) is 10.1 Å². The Kier molecular flexibility index (Phi) is 5.05. The van der Waals surface area contributed by atoms with Gasteiger partial charge in [0.1, 0.15) is 18.2 Å². The zero-order valence-electron chi connectivity index (χ0n) is 10.00. The smallest absolute Gasteiger partial charge is 0.147 e. The first-order valence-corrected chi connectivity index (χ1v) is 6.90. The van der Waals surface area contributed by atoms with E-state index in [9.17, 15) is 4.39 Å². The molecule has 2 aromatic rings. The van der Waals surface area contributed by atoms with Crippen LogP contribution in [0, 0.1) is 5.82 Å². The van der Waals surface area contributed by atoms with Crippen molar-refractivity contribution in [3.05, 3.63) is 57.8 Å². The summed E-state index contributed by atoms with van der Waals surface area (Å²) < 4.78 is 20.0. The van der Waals surface area contributed by atoms with Gasteiger partial charge in [-0.25, -0.2) is 4.39 Å². The fraction of sp³-hybridized carbons (Fsp3) is 0.143. The third kappa shape index (κ3) is 4.11. The molecule has 100 valence electrons. The minimum atomic E-state index is -0.365. The number of hydrogen-bond acceptors (Lipinski definition) is 2. The molecule has 0 spiro atoms. The van der Waals surface area contributed by atoms with Gasteiger partial charge >= 0.3 is 0 Å². The van der Waals surface area contributed by atoms with Crippen molar-refractivity contribution in [1.82, 2.24) is 0 Å². The maximum atomic E-state index is 13.5. The first-order chi connectivity index (χ1) is 9.16. The molecule has 0 aliphatic carbocycles. The molecule has 0 aliphatic heterocycles. The van der Waals surface area contributed by atoms with Crippen LogP contribution in [-0.4, -0.2) is 13.2 Å². The normalized spacial score (nSPS) is 10.3. The fourth-order valence-corrected chi connectivity index (χ4v) is 2.04. The third-order valence-corrected chi connectivity index (χ3v) is 3.29. The summed E-state index contributed by atoms with van der Waals surface area (Å²) in [7, 11) is 0. The van der Waals surface area contributed by atoms with Gasteiger partial charge in [-0.2, -0.15) is 0 Å². The molecule has 2 aromatic carbocycles. The summed E-state index contributed by atoms with van der Waals surface area (Å²) >= 11 is 9.24. The first-order valence-electron chi connectivity index (χ1n) is 5.73. The summed E-state index contributed by atoms with van der Waals surface area (Å²) in [4.78, 5) is 0. The van der Waals surface area contributed by atoms with Gasteiger partial charge in [-0.1, -0.05) is 33.6 Å². The van der Waals surface area contributed by atoms with Crippen LogP contribution in [0.3, 0.4) is 0 Å². The Morgan fingerprint density at radius 3 is 2.58 bits per heavy atom. The van der Waals surface area contributed by atoms with E-state index < -0.39 is 0 Å². The van der Waals surface area contributed by atoms with Crippen LogP contribution in [-0.2, 0) is 0 Å². The Morgan fingerprint density at radius 2 is 1.89 bits per heavy atom. The molecular weight excluding hydrogens is 333 g/mol. The van der Waals surface area contributed by atoms with Crippen molar-refractivity contribution in [2.45, 2.75) is 0 Å². The van der Waals surface area contributed by atoms with Crippen LogP contribution in [0.25, 0.3) is 0 Å². The lowest BCUT2D eigenvalue weighted by atomic mass is 10.3. The highest BCUT2D eigenvalue weighted by Gasteiger charge is 2.05. The Labute approximate surface area is 124 Å². The average molecular weight is 345 g/mol. The molecule has 0 aromatic heterocycles. The lowest BCUT2D eigenvalue weighted by molar-refractivity contribution is 0.332. The quantitative estimate of drug-likeness (QED) is 0.792. The van der Waals surface area contributed by atoms with E-state index in [1.807, 2.05) is 24.3 Å². The van der Waals surface area contributed by atoms with E-state index in [1.54, 1.807) is 12.1 Å². The lowest BCUT2D eigenvalue weighted by Gasteiger charge is -2.10. The Morgan fingerprint density at radius 1 is 1.16 bits per heavy atom. The van der Waals surface area contributed by atoms with E-state index in [-0.39, 0.29) is 5.82 Å². The molecule has 0 fully saturated rings.